The SMILES string of the molecule is CC1(C)CCCC2(C)c3ccsc3C(=O)[C@@H]12. The molecule has 0 amide bonds. The van der Waals surface area contributed by atoms with E-state index in [1.54, 1.807) is 11.3 Å². The number of carbonyl (C=O) groups is 1. The summed E-state index contributed by atoms with van der Waals surface area (Å²) in [6, 6.07) is 2.18. The maximum Gasteiger partial charge on any atom is 0.177 e. The summed E-state index contributed by atoms with van der Waals surface area (Å²) in [5, 5.41) is 2.08. The first kappa shape index (κ1) is 10.5. The van der Waals surface area contributed by atoms with Crippen LogP contribution in [0.25, 0.3) is 0 Å². The van der Waals surface area contributed by atoms with Gasteiger partial charge in [-0.1, -0.05) is 27.2 Å². The summed E-state index contributed by atoms with van der Waals surface area (Å²) >= 11 is 1.64. The number of fused-ring (bicyclic) bond motifs is 3. The van der Waals surface area contributed by atoms with Crippen LogP contribution in [-0.4, -0.2) is 5.78 Å². The molecule has 1 fully saturated rings. The highest BCUT2D eigenvalue weighted by Gasteiger charge is 2.57. The molecule has 1 aromatic heterocycles. The van der Waals surface area contributed by atoms with Crippen LogP contribution in [0.2, 0.25) is 0 Å². The van der Waals surface area contributed by atoms with Gasteiger partial charge in [-0.25, -0.2) is 0 Å². The maximum atomic E-state index is 12.5. The van der Waals surface area contributed by atoms with E-state index in [0.29, 0.717) is 5.78 Å². The molecule has 1 heterocycles. The number of hydrogen-bond acceptors (Lipinski definition) is 2. The molecule has 1 nitrogen and oxygen atoms in total. The monoisotopic (exact) mass is 234 g/mol. The van der Waals surface area contributed by atoms with Gasteiger partial charge in [0.15, 0.2) is 5.78 Å². The second-order valence-electron chi connectivity index (χ2n) is 6.22. The predicted octanol–water partition coefficient (Wildman–Crippen LogP) is 4.03. The number of Topliss-reactive ketones (excluding diaryl/α,β-unsaturated/α-hetero) is 1. The molecular formula is C14H18OS. The summed E-state index contributed by atoms with van der Waals surface area (Å²) in [6.07, 6.45) is 3.62. The molecule has 1 saturated carbocycles. The van der Waals surface area contributed by atoms with Crippen molar-refractivity contribution < 1.29 is 4.79 Å². The van der Waals surface area contributed by atoms with Crippen molar-refractivity contribution in [2.75, 3.05) is 0 Å². The highest BCUT2D eigenvalue weighted by atomic mass is 32.1. The van der Waals surface area contributed by atoms with Gasteiger partial charge in [-0.3, -0.25) is 4.79 Å². The van der Waals surface area contributed by atoms with E-state index in [1.807, 2.05) is 0 Å². The van der Waals surface area contributed by atoms with E-state index in [4.69, 9.17) is 0 Å². The molecule has 0 spiro atoms. The first-order valence-electron chi connectivity index (χ1n) is 6.09. The van der Waals surface area contributed by atoms with Gasteiger partial charge in [-0.2, -0.15) is 0 Å². The number of ketones is 1. The lowest BCUT2D eigenvalue weighted by atomic mass is 9.56. The molecule has 1 aromatic rings. The standard InChI is InChI=1S/C14H18OS/c1-13(2)6-4-7-14(3)9-5-8-16-11(9)10(15)12(13)14/h5,8,12H,4,6-7H2,1-3H3/t12-,14?/m0/s1. The number of thiophene rings is 1. The van der Waals surface area contributed by atoms with E-state index >= 15 is 0 Å². The zero-order valence-electron chi connectivity index (χ0n) is 10.2. The minimum atomic E-state index is 0.119. The highest BCUT2D eigenvalue weighted by molar-refractivity contribution is 7.12. The fourth-order valence-electron chi connectivity index (χ4n) is 4.08. The van der Waals surface area contributed by atoms with Crippen molar-refractivity contribution >= 4 is 17.1 Å². The Morgan fingerprint density at radius 1 is 1.31 bits per heavy atom. The van der Waals surface area contributed by atoms with Gasteiger partial charge in [0.05, 0.1) is 4.88 Å². The Morgan fingerprint density at radius 2 is 2.06 bits per heavy atom. The fourth-order valence-corrected chi connectivity index (χ4v) is 5.08. The molecular weight excluding hydrogens is 216 g/mol. The minimum Gasteiger partial charge on any atom is -0.293 e. The average Bonchev–Trinajstić information content (AvgIpc) is 2.70. The quantitative estimate of drug-likeness (QED) is 0.662. The van der Waals surface area contributed by atoms with Crippen LogP contribution in [0.15, 0.2) is 11.4 Å². The summed E-state index contributed by atoms with van der Waals surface area (Å²) in [7, 11) is 0. The Hall–Kier alpha value is -0.630. The first-order valence-corrected chi connectivity index (χ1v) is 6.97. The van der Waals surface area contributed by atoms with Crippen LogP contribution in [0.3, 0.4) is 0 Å². The summed E-state index contributed by atoms with van der Waals surface area (Å²) in [4.78, 5) is 13.6. The number of hydrogen-bond donors (Lipinski definition) is 0. The van der Waals surface area contributed by atoms with Crippen LogP contribution in [0.4, 0.5) is 0 Å². The van der Waals surface area contributed by atoms with Crippen LogP contribution in [0.1, 0.15) is 55.3 Å². The first-order chi connectivity index (χ1) is 7.47. The van der Waals surface area contributed by atoms with E-state index in [-0.39, 0.29) is 16.7 Å². The third-order valence-corrected chi connectivity index (χ3v) is 5.63. The summed E-state index contributed by atoms with van der Waals surface area (Å²) in [5.74, 6) is 0.633. The van der Waals surface area contributed by atoms with Crippen LogP contribution in [0.5, 0.6) is 0 Å². The van der Waals surface area contributed by atoms with E-state index in [0.717, 1.165) is 4.88 Å². The average molecular weight is 234 g/mol. The van der Waals surface area contributed by atoms with Gasteiger partial charge in [0.1, 0.15) is 0 Å². The van der Waals surface area contributed by atoms with Crippen LogP contribution in [0, 0.1) is 11.3 Å². The van der Waals surface area contributed by atoms with Gasteiger partial charge < -0.3 is 0 Å². The molecule has 0 radical (unpaired) electrons. The van der Waals surface area contributed by atoms with Crippen molar-refractivity contribution in [1.82, 2.24) is 0 Å². The van der Waals surface area contributed by atoms with E-state index in [9.17, 15) is 4.79 Å². The smallest absolute Gasteiger partial charge is 0.177 e. The molecule has 2 aliphatic rings. The van der Waals surface area contributed by atoms with E-state index < -0.39 is 0 Å². The third kappa shape index (κ3) is 1.09. The van der Waals surface area contributed by atoms with Crippen molar-refractivity contribution in [3.05, 3.63) is 21.9 Å². The number of carbonyl (C=O) groups excluding carboxylic acids is 1. The van der Waals surface area contributed by atoms with Crippen LogP contribution >= 0.6 is 11.3 Å². The lowest BCUT2D eigenvalue weighted by molar-refractivity contribution is 0.0501. The molecule has 3 rings (SSSR count). The second kappa shape index (κ2) is 2.98. The van der Waals surface area contributed by atoms with Crippen molar-refractivity contribution in [3.8, 4) is 0 Å². The molecule has 2 atom stereocenters. The van der Waals surface area contributed by atoms with Crippen molar-refractivity contribution in [1.29, 1.82) is 0 Å². The zero-order valence-corrected chi connectivity index (χ0v) is 11.0. The topological polar surface area (TPSA) is 17.1 Å². The molecule has 16 heavy (non-hydrogen) atoms. The normalized spacial score (nSPS) is 35.9. The number of rotatable bonds is 0. The van der Waals surface area contributed by atoms with Crippen LogP contribution < -0.4 is 0 Å². The zero-order chi connectivity index (χ0) is 11.6. The third-order valence-electron chi connectivity index (χ3n) is 4.70. The second-order valence-corrected chi connectivity index (χ2v) is 7.14. The van der Waals surface area contributed by atoms with Gasteiger partial charge in [0, 0.05) is 11.3 Å². The molecule has 2 aliphatic carbocycles. The van der Waals surface area contributed by atoms with Gasteiger partial charge in [-0.15, -0.1) is 11.3 Å². The molecule has 0 saturated heterocycles. The highest BCUT2D eigenvalue weighted by Crippen LogP contribution is 2.58. The Kier molecular flexibility index (Phi) is 1.96. The van der Waals surface area contributed by atoms with E-state index in [2.05, 4.69) is 32.2 Å². The predicted molar refractivity (Wildman–Crippen MR) is 67.1 cm³/mol. The van der Waals surface area contributed by atoms with Crippen molar-refractivity contribution in [3.63, 3.8) is 0 Å². The Bertz CT molecular complexity index is 457. The Morgan fingerprint density at radius 3 is 2.81 bits per heavy atom. The van der Waals surface area contributed by atoms with Crippen molar-refractivity contribution in [2.24, 2.45) is 11.3 Å². The summed E-state index contributed by atoms with van der Waals surface area (Å²) in [6.45, 7) is 6.84. The molecule has 0 N–H and O–H groups in total. The van der Waals surface area contributed by atoms with Gasteiger partial charge in [-0.05, 0) is 35.3 Å². The molecule has 2 heteroatoms. The maximum absolute atomic E-state index is 12.5. The summed E-state index contributed by atoms with van der Waals surface area (Å²) < 4.78 is 0. The lowest BCUT2D eigenvalue weighted by Gasteiger charge is -2.46. The van der Waals surface area contributed by atoms with E-state index in [1.165, 1.54) is 24.8 Å². The fraction of sp³-hybridized carbons (Fsp3) is 0.643. The molecule has 0 aromatic carbocycles. The van der Waals surface area contributed by atoms with Crippen molar-refractivity contribution in [2.45, 2.75) is 45.4 Å². The molecule has 1 unspecified atom stereocenters. The largest absolute Gasteiger partial charge is 0.293 e. The Balaban J connectivity index is 2.20. The molecule has 86 valence electrons. The van der Waals surface area contributed by atoms with Gasteiger partial charge in [0.25, 0.3) is 0 Å². The van der Waals surface area contributed by atoms with Crippen LogP contribution in [-0.2, 0) is 5.41 Å². The molecule has 0 bridgehead atoms. The minimum absolute atomic E-state index is 0.119. The van der Waals surface area contributed by atoms with Gasteiger partial charge in [0.2, 0.25) is 0 Å². The Labute approximate surface area is 101 Å². The summed E-state index contributed by atoms with van der Waals surface area (Å²) in [5.41, 5.74) is 1.62. The van der Waals surface area contributed by atoms with Gasteiger partial charge >= 0.3 is 0 Å². The molecule has 0 aliphatic heterocycles. The lowest BCUT2D eigenvalue weighted by Crippen LogP contribution is -2.44.